The van der Waals surface area contributed by atoms with Crippen LogP contribution in [-0.4, -0.2) is 199 Å². The van der Waals surface area contributed by atoms with E-state index in [0.717, 1.165) is 57.8 Å². The standard InChI is InChI=1S/C50H86O22/c1-9-12-18-21-30(22-19-16-14-13-15-17-20-23-32(52)53)66-48-42(35(56)33(54)27(6)63-48)72-50-43(36(57)34(55)31(24-51)67-50)71-49-44(69-46(62)26(5)11-3)39(60)41(29(8)65-49)70-47-38(59)37(58)40(28(7)64-47)68-45(61)25(4)10-2/h10,26-31,33-44,47-51,54-60H,9,11-24H2,1-8H3,(H,52,53)/b25-10+/t26?,27-,28-,29+,30-,31-,33-,34-,35+,36+,37-,38-,39-,40-,41+,42-,43-,44-,47+,48+,49+,50+/m1/s1. The molecule has 0 bridgehead atoms. The molecule has 4 aliphatic rings. The molecule has 4 aliphatic heterocycles. The molecule has 22 atom stereocenters. The first-order valence-corrected chi connectivity index (χ1v) is 26.1. The van der Waals surface area contributed by atoms with Crippen molar-refractivity contribution in [3.05, 3.63) is 11.6 Å². The number of carboxylic acid groups (broad SMARTS) is 1. The molecule has 9 N–H and O–H groups in total. The first-order valence-electron chi connectivity index (χ1n) is 26.1. The van der Waals surface area contributed by atoms with Gasteiger partial charge in [0.25, 0.3) is 0 Å². The predicted molar refractivity (Wildman–Crippen MR) is 252 cm³/mol. The van der Waals surface area contributed by atoms with Gasteiger partial charge in [0.15, 0.2) is 37.4 Å². The van der Waals surface area contributed by atoms with E-state index < -0.39 is 153 Å². The number of carbonyl (C=O) groups is 3. The Bertz CT molecular complexity index is 1650. The van der Waals surface area contributed by atoms with Gasteiger partial charge in [-0.15, -0.1) is 0 Å². The van der Waals surface area contributed by atoms with E-state index in [1.165, 1.54) is 26.8 Å². The second kappa shape index (κ2) is 30.3. The summed E-state index contributed by atoms with van der Waals surface area (Å²) in [5, 5.41) is 98.9. The van der Waals surface area contributed by atoms with Crippen LogP contribution in [0.5, 0.6) is 0 Å². The van der Waals surface area contributed by atoms with Crippen molar-refractivity contribution in [2.24, 2.45) is 5.92 Å². The number of esters is 2. The summed E-state index contributed by atoms with van der Waals surface area (Å²) in [4.78, 5) is 36.8. The van der Waals surface area contributed by atoms with Crippen LogP contribution in [0, 0.1) is 5.92 Å². The fraction of sp³-hybridized carbons (Fsp3) is 0.900. The molecule has 0 aromatic rings. The molecule has 4 rings (SSSR count). The Morgan fingerprint density at radius 1 is 0.569 bits per heavy atom. The molecule has 418 valence electrons. The normalized spacial score (nSPS) is 38.5. The summed E-state index contributed by atoms with van der Waals surface area (Å²) in [7, 11) is 0. The van der Waals surface area contributed by atoms with E-state index in [9.17, 15) is 55.2 Å². The highest BCUT2D eigenvalue weighted by atomic mass is 16.8. The monoisotopic (exact) mass is 1040 g/mol. The molecule has 0 aromatic carbocycles. The van der Waals surface area contributed by atoms with Gasteiger partial charge in [0, 0.05) is 12.0 Å². The van der Waals surface area contributed by atoms with Gasteiger partial charge in [-0.2, -0.15) is 0 Å². The van der Waals surface area contributed by atoms with Crippen LogP contribution in [0.4, 0.5) is 0 Å². The maximum atomic E-state index is 13.4. The number of aliphatic hydroxyl groups excluding tert-OH is 8. The fourth-order valence-corrected chi connectivity index (χ4v) is 9.11. The van der Waals surface area contributed by atoms with Crippen LogP contribution in [0.1, 0.15) is 145 Å². The summed E-state index contributed by atoms with van der Waals surface area (Å²) in [5.74, 6) is -3.02. The Morgan fingerprint density at radius 2 is 1.08 bits per heavy atom. The molecule has 22 heteroatoms. The van der Waals surface area contributed by atoms with Crippen molar-refractivity contribution in [1.29, 1.82) is 0 Å². The topological polar surface area (TPSA) is 326 Å². The third-order valence-electron chi connectivity index (χ3n) is 14.2. The third kappa shape index (κ3) is 17.0. The largest absolute Gasteiger partial charge is 0.481 e. The minimum Gasteiger partial charge on any atom is -0.481 e. The molecule has 0 amide bonds. The molecule has 22 nitrogen and oxygen atoms in total. The second-order valence-electron chi connectivity index (χ2n) is 19.8. The average Bonchev–Trinajstić information content (AvgIpc) is 3.35. The van der Waals surface area contributed by atoms with Gasteiger partial charge in [0.05, 0.1) is 36.9 Å². The zero-order valence-corrected chi connectivity index (χ0v) is 43.2. The Labute approximate surface area is 423 Å². The summed E-state index contributed by atoms with van der Waals surface area (Å²) in [5.41, 5.74) is 0.258. The zero-order valence-electron chi connectivity index (χ0n) is 43.2. The van der Waals surface area contributed by atoms with E-state index in [2.05, 4.69) is 6.92 Å². The number of allylic oxidation sites excluding steroid dienone is 1. The van der Waals surface area contributed by atoms with Crippen LogP contribution in [-0.2, 0) is 61.8 Å². The number of ether oxygens (including phenoxy) is 10. The van der Waals surface area contributed by atoms with Gasteiger partial charge in [-0.05, 0) is 60.3 Å². The summed E-state index contributed by atoms with van der Waals surface area (Å²) < 4.78 is 60.7. The number of unbranched alkanes of at least 4 members (excludes halogenated alkanes) is 8. The third-order valence-corrected chi connectivity index (χ3v) is 14.2. The van der Waals surface area contributed by atoms with Crippen molar-refractivity contribution in [3.63, 3.8) is 0 Å². The van der Waals surface area contributed by atoms with Crippen LogP contribution >= 0.6 is 0 Å². The number of rotatable bonds is 28. The minimum absolute atomic E-state index is 0.157. The highest BCUT2D eigenvalue weighted by molar-refractivity contribution is 5.87. The first kappa shape index (κ1) is 62.1. The number of hydrogen-bond donors (Lipinski definition) is 9. The molecule has 4 fully saturated rings. The number of carboxylic acids is 1. The number of aliphatic carboxylic acids is 1. The van der Waals surface area contributed by atoms with E-state index in [4.69, 9.17) is 52.5 Å². The Balaban J connectivity index is 1.57. The lowest BCUT2D eigenvalue weighted by Crippen LogP contribution is -2.67. The van der Waals surface area contributed by atoms with Crippen molar-refractivity contribution < 1.29 is 108 Å². The Hall–Kier alpha value is -2.49. The molecule has 0 aromatic heterocycles. The van der Waals surface area contributed by atoms with Crippen LogP contribution in [0.3, 0.4) is 0 Å². The lowest BCUT2D eigenvalue weighted by molar-refractivity contribution is -0.399. The molecule has 0 aliphatic carbocycles. The van der Waals surface area contributed by atoms with E-state index in [1.54, 1.807) is 27.7 Å². The molecule has 0 spiro atoms. The van der Waals surface area contributed by atoms with Crippen molar-refractivity contribution >= 4 is 17.9 Å². The van der Waals surface area contributed by atoms with E-state index in [1.807, 2.05) is 0 Å². The summed E-state index contributed by atoms with van der Waals surface area (Å²) in [6.07, 6.45) is -19.4. The molecule has 4 heterocycles. The maximum absolute atomic E-state index is 13.4. The molecule has 0 radical (unpaired) electrons. The van der Waals surface area contributed by atoms with E-state index in [0.29, 0.717) is 25.7 Å². The van der Waals surface area contributed by atoms with Crippen LogP contribution in [0.15, 0.2) is 11.6 Å². The summed E-state index contributed by atoms with van der Waals surface area (Å²) in [6.45, 7) is 12.2. The first-order chi connectivity index (χ1) is 34.2. The lowest BCUT2D eigenvalue weighted by Gasteiger charge is -2.49. The fourth-order valence-electron chi connectivity index (χ4n) is 9.11. The van der Waals surface area contributed by atoms with E-state index >= 15 is 0 Å². The number of carbonyl (C=O) groups excluding carboxylic acids is 2. The van der Waals surface area contributed by atoms with Gasteiger partial charge in [0.1, 0.15) is 67.1 Å². The Morgan fingerprint density at radius 3 is 1.68 bits per heavy atom. The molecule has 1 unspecified atom stereocenters. The summed E-state index contributed by atoms with van der Waals surface area (Å²) >= 11 is 0. The van der Waals surface area contributed by atoms with Gasteiger partial charge in [0.2, 0.25) is 0 Å². The highest BCUT2D eigenvalue weighted by Gasteiger charge is 2.56. The quantitative estimate of drug-likeness (QED) is 0.0307. The van der Waals surface area contributed by atoms with Gasteiger partial charge in [-0.3, -0.25) is 9.59 Å². The number of hydrogen-bond acceptors (Lipinski definition) is 21. The van der Waals surface area contributed by atoms with Crippen LogP contribution < -0.4 is 0 Å². The van der Waals surface area contributed by atoms with Gasteiger partial charge in [-0.25, -0.2) is 4.79 Å². The van der Waals surface area contributed by atoms with Crippen LogP contribution in [0.2, 0.25) is 0 Å². The average molecular weight is 1040 g/mol. The molecular weight excluding hydrogens is 953 g/mol. The molecule has 4 saturated heterocycles. The predicted octanol–water partition coefficient (Wildman–Crippen LogP) is 2.02. The Kier molecular flexibility index (Phi) is 26.1. The van der Waals surface area contributed by atoms with Crippen molar-refractivity contribution in [2.75, 3.05) is 6.61 Å². The van der Waals surface area contributed by atoms with E-state index in [-0.39, 0.29) is 18.1 Å². The SMILES string of the molecule is C/C=C(\C)C(=O)O[C@H]1[C@H](O)[C@@H](O)[C@H](O[C@@H]2[C@@H](O)[C@@H](OC(=O)C(C)CC)[C@H](O[C@H]3[C@H](O[C@H]4[C@H](O[C@H](CCCCC)CCCCCCCCCC(=O)O)O[C@H](C)[C@@H](O)[C@@H]4O)O[C@H](CO)[C@@H](O)[C@@H]3O)O[C@H]2C)O[C@@H]1C. The summed E-state index contributed by atoms with van der Waals surface area (Å²) in [6, 6.07) is 0. The highest BCUT2D eigenvalue weighted by Crippen LogP contribution is 2.37. The number of aliphatic hydroxyl groups is 8. The van der Waals surface area contributed by atoms with Crippen molar-refractivity contribution in [1.82, 2.24) is 0 Å². The van der Waals surface area contributed by atoms with Crippen LogP contribution in [0.25, 0.3) is 0 Å². The lowest BCUT2D eigenvalue weighted by atomic mass is 9.96. The maximum Gasteiger partial charge on any atom is 0.333 e. The molecular formula is C50H86O22. The van der Waals surface area contributed by atoms with Crippen molar-refractivity contribution in [2.45, 2.75) is 274 Å². The van der Waals surface area contributed by atoms with Crippen molar-refractivity contribution in [3.8, 4) is 0 Å². The van der Waals surface area contributed by atoms with Gasteiger partial charge in [-0.1, -0.05) is 84.6 Å². The molecule has 0 saturated carbocycles. The second-order valence-corrected chi connectivity index (χ2v) is 19.8. The van der Waals surface area contributed by atoms with Gasteiger partial charge < -0.3 is 93.3 Å². The molecule has 72 heavy (non-hydrogen) atoms. The zero-order chi connectivity index (χ0) is 53.4. The smallest absolute Gasteiger partial charge is 0.333 e. The van der Waals surface area contributed by atoms with Gasteiger partial charge >= 0.3 is 17.9 Å². The minimum atomic E-state index is -1.92.